The number of anilines is 1. The van der Waals surface area contributed by atoms with Crippen molar-refractivity contribution in [3.63, 3.8) is 0 Å². The highest BCUT2D eigenvalue weighted by atomic mass is 35.5. The molecule has 5 N–H and O–H groups in total. The largest absolute Gasteiger partial charge is 0.506 e. The molecular formula is C15H14BCl2N3O3S. The van der Waals surface area contributed by atoms with Gasteiger partial charge in [0.2, 0.25) is 0 Å². The minimum absolute atomic E-state index is 0.0344. The Morgan fingerprint density at radius 1 is 1.36 bits per heavy atom. The average Bonchev–Trinajstić information content (AvgIpc) is 2.58. The highest BCUT2D eigenvalue weighted by Gasteiger charge is 2.26. The van der Waals surface area contributed by atoms with Crippen LogP contribution in [0.25, 0.3) is 11.1 Å². The van der Waals surface area contributed by atoms with E-state index in [1.165, 1.54) is 12.1 Å². The van der Waals surface area contributed by atoms with Crippen LogP contribution in [0.15, 0.2) is 21.8 Å². The summed E-state index contributed by atoms with van der Waals surface area (Å²) in [5.41, 5.74) is 5.30. The number of terminal acetylenes is 1. The lowest BCUT2D eigenvalue weighted by molar-refractivity contribution is 0.388. The molecule has 6 nitrogen and oxygen atoms in total. The molecule has 2 aromatic rings. The van der Waals surface area contributed by atoms with Crippen LogP contribution in [0.2, 0.25) is 10.0 Å². The number of rotatable bonds is 5. The van der Waals surface area contributed by atoms with Gasteiger partial charge in [-0.3, -0.25) is 14.5 Å². The quantitative estimate of drug-likeness (QED) is 0.403. The van der Waals surface area contributed by atoms with Crippen molar-refractivity contribution in [1.82, 2.24) is 4.57 Å². The van der Waals surface area contributed by atoms with Gasteiger partial charge in [0, 0.05) is 0 Å². The number of benzene rings is 1. The molecule has 0 saturated carbocycles. The fraction of sp³-hybridized carbons (Fsp3) is 0.133. The van der Waals surface area contributed by atoms with Crippen LogP contribution >= 0.6 is 35.1 Å². The number of nitrogen functional groups attached to an aromatic ring is 1. The van der Waals surface area contributed by atoms with Crippen LogP contribution in [0, 0.1) is 12.3 Å². The topological polar surface area (TPSA) is 104 Å². The molecule has 0 saturated heterocycles. The third-order valence-corrected chi connectivity index (χ3v) is 4.65. The summed E-state index contributed by atoms with van der Waals surface area (Å²) in [5, 5.41) is 16.6. The summed E-state index contributed by atoms with van der Waals surface area (Å²) in [7, 11) is 1.75. The second kappa shape index (κ2) is 7.98. The molecule has 2 rings (SSSR count). The summed E-state index contributed by atoms with van der Waals surface area (Å²) in [4.78, 5) is 13.0. The van der Waals surface area contributed by atoms with E-state index in [0.29, 0.717) is 11.9 Å². The number of aromatic hydroxyl groups is 1. The van der Waals surface area contributed by atoms with Gasteiger partial charge < -0.3 is 15.6 Å². The molecule has 10 heteroatoms. The summed E-state index contributed by atoms with van der Waals surface area (Å²) >= 11 is 13.1. The molecule has 0 spiro atoms. The van der Waals surface area contributed by atoms with E-state index in [4.69, 9.17) is 45.2 Å². The summed E-state index contributed by atoms with van der Waals surface area (Å²) in [6.07, 6.45) is 5.31. The van der Waals surface area contributed by atoms with Crippen molar-refractivity contribution in [2.75, 3.05) is 12.2 Å². The predicted molar refractivity (Wildman–Crippen MR) is 105 cm³/mol. The van der Waals surface area contributed by atoms with Crippen LogP contribution < -0.4 is 21.2 Å². The Bertz CT molecular complexity index is 928. The van der Waals surface area contributed by atoms with Gasteiger partial charge in [-0.25, -0.2) is 0 Å². The third-order valence-electron chi connectivity index (χ3n) is 3.40. The van der Waals surface area contributed by atoms with Crippen LogP contribution in [0.1, 0.15) is 0 Å². The van der Waals surface area contributed by atoms with Gasteiger partial charge in [0.25, 0.3) is 5.56 Å². The zero-order valence-corrected chi connectivity index (χ0v) is 15.5. The first kappa shape index (κ1) is 19.4. The zero-order valence-electron chi connectivity index (χ0n) is 13.2. The molecule has 1 aromatic carbocycles. The minimum atomic E-state index is -0.629. The van der Waals surface area contributed by atoms with Crippen LogP contribution in [0.5, 0.6) is 11.5 Å². The number of hydrogen-bond acceptors (Lipinski definition) is 6. The number of ether oxygens (including phenoxy) is 1. The Kier molecular flexibility index (Phi) is 6.19. The fourth-order valence-corrected chi connectivity index (χ4v) is 3.24. The van der Waals surface area contributed by atoms with Crippen molar-refractivity contribution in [1.29, 1.82) is 0 Å². The van der Waals surface area contributed by atoms with E-state index in [9.17, 15) is 9.90 Å². The molecule has 0 aliphatic carbocycles. The maximum atomic E-state index is 12.9. The van der Waals surface area contributed by atoms with Crippen molar-refractivity contribution in [3.05, 3.63) is 32.5 Å². The van der Waals surface area contributed by atoms with Crippen molar-refractivity contribution in [3.8, 4) is 35.0 Å². The predicted octanol–water partition coefficient (Wildman–Crippen LogP) is 1.68. The second-order valence-corrected chi connectivity index (χ2v) is 6.28. The van der Waals surface area contributed by atoms with Gasteiger partial charge in [-0.15, -0.1) is 6.42 Å². The lowest BCUT2D eigenvalue weighted by Crippen LogP contribution is -2.25. The highest BCUT2D eigenvalue weighted by molar-refractivity contribution is 7.97. The van der Waals surface area contributed by atoms with Crippen LogP contribution in [-0.2, 0) is 6.54 Å². The maximum absolute atomic E-state index is 12.9. The lowest BCUT2D eigenvalue weighted by atomic mass is 10.0. The number of halogens is 2. The lowest BCUT2D eigenvalue weighted by Gasteiger charge is -2.19. The van der Waals surface area contributed by atoms with Crippen molar-refractivity contribution < 1.29 is 9.84 Å². The summed E-state index contributed by atoms with van der Waals surface area (Å²) in [5.74, 6) is 2.07. The second-order valence-electron chi connectivity index (χ2n) is 4.82. The first-order valence-electron chi connectivity index (χ1n) is 7.05. The molecule has 0 atom stereocenters. The van der Waals surface area contributed by atoms with Crippen molar-refractivity contribution >= 4 is 48.8 Å². The smallest absolute Gasteiger partial charge is 0.264 e. The number of nitrogens with two attached hydrogens (primary N) is 2. The fourth-order valence-electron chi connectivity index (χ4n) is 2.34. The third kappa shape index (κ3) is 3.41. The molecule has 0 aliphatic rings. The normalized spacial score (nSPS) is 10.5. The molecule has 1 heterocycles. The Balaban J connectivity index is 2.99. The number of pyridine rings is 1. The first-order valence-corrected chi connectivity index (χ1v) is 8.69. The van der Waals surface area contributed by atoms with E-state index in [1.807, 2.05) is 0 Å². The van der Waals surface area contributed by atoms with E-state index in [0.717, 1.165) is 4.57 Å². The van der Waals surface area contributed by atoms with Crippen LogP contribution in [-0.4, -0.2) is 24.0 Å². The zero-order chi connectivity index (χ0) is 18.7. The molecule has 0 fully saturated rings. The van der Waals surface area contributed by atoms with E-state index in [1.54, 1.807) is 7.85 Å². The summed E-state index contributed by atoms with van der Waals surface area (Å²) in [6.45, 7) is 0.174. The molecule has 0 bridgehead atoms. The number of nitrogens with zero attached hydrogens (tertiary/aromatic N) is 1. The van der Waals surface area contributed by atoms with Crippen LogP contribution in [0.3, 0.4) is 0 Å². The summed E-state index contributed by atoms with van der Waals surface area (Å²) in [6, 6.07) is 3.03. The molecular weight excluding hydrogens is 384 g/mol. The molecule has 130 valence electrons. The Morgan fingerprint density at radius 2 is 2.00 bits per heavy atom. The Hall–Kier alpha value is -1.92. The van der Waals surface area contributed by atoms with E-state index < -0.39 is 11.3 Å². The van der Waals surface area contributed by atoms with Gasteiger partial charge in [0.15, 0.2) is 7.85 Å². The molecule has 0 radical (unpaired) electrons. The van der Waals surface area contributed by atoms with Crippen LogP contribution in [0.4, 0.5) is 5.82 Å². The monoisotopic (exact) mass is 397 g/mol. The van der Waals surface area contributed by atoms with Gasteiger partial charge in [-0.05, 0) is 24.1 Å². The number of hydrogen-bond donors (Lipinski definition) is 3. The Morgan fingerprint density at radius 3 is 2.56 bits per heavy atom. The first-order chi connectivity index (χ1) is 11.9. The van der Waals surface area contributed by atoms with Gasteiger partial charge in [-0.1, -0.05) is 29.1 Å². The SMILES string of the molecule is BCOc1c(Cl)ccc(Cl)c1-c1c(O)c(SN)c(N)n(CC#C)c1=O. The highest BCUT2D eigenvalue weighted by Crippen LogP contribution is 2.46. The molecule has 0 aliphatic heterocycles. The standard InChI is InChI=1S/C15H14BCl2N3O3S/c1-2-5-21-14(19)13(25-20)11(22)10(15(21)23)9-7(17)3-4-8(18)12(9)24-6-16/h1,3-4,22H,5-6,16,19-20H2. The molecule has 0 amide bonds. The van der Waals surface area contributed by atoms with Crippen molar-refractivity contribution in [2.24, 2.45) is 5.14 Å². The molecule has 1 aromatic heterocycles. The molecule has 0 unspecified atom stereocenters. The van der Waals surface area contributed by atoms with E-state index in [-0.39, 0.29) is 50.7 Å². The maximum Gasteiger partial charge on any atom is 0.264 e. The summed E-state index contributed by atoms with van der Waals surface area (Å²) < 4.78 is 6.65. The van der Waals surface area contributed by atoms with E-state index in [2.05, 4.69) is 5.92 Å². The molecule has 25 heavy (non-hydrogen) atoms. The average molecular weight is 398 g/mol. The van der Waals surface area contributed by atoms with Gasteiger partial charge in [-0.2, -0.15) is 0 Å². The van der Waals surface area contributed by atoms with E-state index >= 15 is 0 Å². The van der Waals surface area contributed by atoms with Gasteiger partial charge in [0.05, 0.1) is 34.2 Å². The van der Waals surface area contributed by atoms with Gasteiger partial charge in [0.1, 0.15) is 22.2 Å². The van der Waals surface area contributed by atoms with Crippen molar-refractivity contribution in [2.45, 2.75) is 11.4 Å². The minimum Gasteiger partial charge on any atom is -0.506 e. The number of aromatic nitrogens is 1. The van der Waals surface area contributed by atoms with Gasteiger partial charge >= 0.3 is 0 Å². The Labute approximate surface area is 159 Å².